The van der Waals surface area contributed by atoms with E-state index < -0.39 is 0 Å². The van der Waals surface area contributed by atoms with Gasteiger partial charge in [-0.25, -0.2) is 4.98 Å². The van der Waals surface area contributed by atoms with Crippen molar-refractivity contribution in [2.75, 3.05) is 0 Å². The summed E-state index contributed by atoms with van der Waals surface area (Å²) in [4.78, 5) is 29.8. The van der Waals surface area contributed by atoms with Gasteiger partial charge in [0.05, 0.1) is 10.9 Å². The lowest BCUT2D eigenvalue weighted by molar-refractivity contribution is 0.105. The monoisotopic (exact) mass is 228 g/mol. The molecule has 1 heterocycles. The Morgan fingerprint density at radius 3 is 2.82 bits per heavy atom. The number of carbonyl (C=O) groups is 1. The van der Waals surface area contributed by atoms with Crippen molar-refractivity contribution >= 4 is 22.8 Å². The summed E-state index contributed by atoms with van der Waals surface area (Å²) in [5.74, 6) is 0.114. The summed E-state index contributed by atoms with van der Waals surface area (Å²) in [5.41, 5.74) is 1.41. The first-order chi connectivity index (χ1) is 8.19. The van der Waals surface area contributed by atoms with Crippen LogP contribution in [0.5, 0.6) is 0 Å². The normalized spacial score (nSPS) is 13.4. The number of aromatic nitrogens is 2. The first-order valence-electron chi connectivity index (χ1n) is 5.09. The lowest BCUT2D eigenvalue weighted by atomic mass is 10.1. The first-order valence-corrected chi connectivity index (χ1v) is 5.09. The summed E-state index contributed by atoms with van der Waals surface area (Å²) < 4.78 is 0. The van der Waals surface area contributed by atoms with Gasteiger partial charge in [0.25, 0.3) is 5.56 Å². The van der Waals surface area contributed by atoms with Crippen LogP contribution in [-0.4, -0.2) is 20.9 Å². The summed E-state index contributed by atoms with van der Waals surface area (Å²) in [6.07, 6.45) is 3.16. The number of hydrogen-bond donors (Lipinski definition) is 2. The van der Waals surface area contributed by atoms with E-state index in [2.05, 4.69) is 9.97 Å². The van der Waals surface area contributed by atoms with E-state index >= 15 is 0 Å². The highest BCUT2D eigenvalue weighted by atomic mass is 16.3. The average molecular weight is 228 g/mol. The number of fused-ring (bicyclic) bond motifs is 2. The van der Waals surface area contributed by atoms with E-state index in [0.717, 1.165) is 5.56 Å². The molecule has 0 unspecified atom stereocenters. The molecule has 3 rings (SSSR count). The van der Waals surface area contributed by atoms with Gasteiger partial charge in [0.2, 0.25) is 0 Å². The predicted octanol–water partition coefficient (Wildman–Crippen LogP) is 0.625. The molecule has 0 amide bonds. The Morgan fingerprint density at radius 2 is 2.06 bits per heavy atom. The lowest BCUT2D eigenvalue weighted by Crippen LogP contribution is -2.12. The van der Waals surface area contributed by atoms with Crippen LogP contribution in [0, 0.1) is 0 Å². The molecule has 5 heteroatoms. The molecule has 0 atom stereocenters. The number of aliphatic hydroxyl groups is 1. The van der Waals surface area contributed by atoms with E-state index in [1.54, 1.807) is 18.2 Å². The molecule has 0 spiro atoms. The Hall–Kier alpha value is -2.27. The van der Waals surface area contributed by atoms with Crippen LogP contribution >= 0.6 is 0 Å². The molecule has 1 aliphatic carbocycles. The molecular formula is C12H8N2O3. The van der Waals surface area contributed by atoms with Crippen LogP contribution in [0.1, 0.15) is 21.7 Å². The molecule has 17 heavy (non-hydrogen) atoms. The summed E-state index contributed by atoms with van der Waals surface area (Å²) in [6.45, 7) is -0.322. The van der Waals surface area contributed by atoms with E-state index in [9.17, 15) is 9.59 Å². The van der Waals surface area contributed by atoms with Crippen molar-refractivity contribution in [1.82, 2.24) is 9.97 Å². The fourth-order valence-corrected chi connectivity index (χ4v) is 1.93. The summed E-state index contributed by atoms with van der Waals surface area (Å²) in [6, 6.07) is 3.22. The highest BCUT2D eigenvalue weighted by Crippen LogP contribution is 2.23. The maximum absolute atomic E-state index is 11.7. The van der Waals surface area contributed by atoms with Crippen LogP contribution in [0.15, 0.2) is 23.0 Å². The molecule has 5 nitrogen and oxygen atoms in total. The van der Waals surface area contributed by atoms with Gasteiger partial charge >= 0.3 is 0 Å². The fraction of sp³-hybridized carbons (Fsp3) is 0.0833. The zero-order valence-electron chi connectivity index (χ0n) is 8.73. The smallest absolute Gasteiger partial charge is 0.258 e. The van der Waals surface area contributed by atoms with Crippen LogP contribution in [0.25, 0.3) is 17.0 Å². The number of ketones is 1. The number of carbonyl (C=O) groups excluding carboxylic acids is 1. The molecular weight excluding hydrogens is 220 g/mol. The van der Waals surface area contributed by atoms with Gasteiger partial charge in [-0.05, 0) is 23.8 Å². The molecule has 0 saturated carbocycles. The molecule has 1 aliphatic rings. The quantitative estimate of drug-likeness (QED) is 0.749. The molecule has 0 radical (unpaired) electrons. The topological polar surface area (TPSA) is 83.0 Å². The van der Waals surface area contributed by atoms with Crippen LogP contribution in [0.4, 0.5) is 0 Å². The van der Waals surface area contributed by atoms with Crippen LogP contribution < -0.4 is 5.56 Å². The highest BCUT2D eigenvalue weighted by Gasteiger charge is 2.16. The minimum Gasteiger partial charge on any atom is -0.388 e. The van der Waals surface area contributed by atoms with Gasteiger partial charge in [-0.15, -0.1) is 0 Å². The van der Waals surface area contributed by atoms with E-state index in [1.165, 1.54) is 6.08 Å². The van der Waals surface area contributed by atoms with Crippen molar-refractivity contribution in [2.45, 2.75) is 6.61 Å². The number of nitrogens with one attached hydrogen (secondary N) is 1. The standard InChI is InChI=1S/C12H8N2O3/c15-5-11-13-9-3-6-1-2-10(16)7(6)4-8(9)12(17)14-11/h1-4,15H,5H2,(H,13,14,17). The van der Waals surface area contributed by atoms with Crippen LogP contribution in [0.3, 0.4) is 0 Å². The average Bonchev–Trinajstić information content (AvgIpc) is 2.68. The van der Waals surface area contributed by atoms with Crippen molar-refractivity contribution in [3.05, 3.63) is 45.5 Å². The van der Waals surface area contributed by atoms with Crippen molar-refractivity contribution in [1.29, 1.82) is 0 Å². The summed E-state index contributed by atoms with van der Waals surface area (Å²) in [7, 11) is 0. The number of hydrogen-bond acceptors (Lipinski definition) is 4. The molecule has 1 aromatic carbocycles. The minimum atomic E-state index is -0.346. The second-order valence-corrected chi connectivity index (χ2v) is 3.82. The number of aromatic amines is 1. The van der Waals surface area contributed by atoms with Crippen molar-refractivity contribution in [3.8, 4) is 0 Å². The van der Waals surface area contributed by atoms with E-state index in [-0.39, 0.29) is 23.8 Å². The molecule has 0 fully saturated rings. The lowest BCUT2D eigenvalue weighted by Gasteiger charge is -2.03. The predicted molar refractivity (Wildman–Crippen MR) is 61.7 cm³/mol. The second kappa shape index (κ2) is 3.36. The summed E-state index contributed by atoms with van der Waals surface area (Å²) in [5, 5.41) is 9.32. The minimum absolute atomic E-state index is 0.104. The van der Waals surface area contributed by atoms with Gasteiger partial charge in [-0.1, -0.05) is 6.08 Å². The zero-order chi connectivity index (χ0) is 12.0. The van der Waals surface area contributed by atoms with Crippen molar-refractivity contribution < 1.29 is 9.90 Å². The fourth-order valence-electron chi connectivity index (χ4n) is 1.93. The Kier molecular flexibility index (Phi) is 1.96. The van der Waals surface area contributed by atoms with Gasteiger partial charge in [0.15, 0.2) is 5.78 Å². The third-order valence-corrected chi connectivity index (χ3v) is 2.76. The molecule has 0 saturated heterocycles. The summed E-state index contributed by atoms with van der Waals surface area (Å²) >= 11 is 0. The third kappa shape index (κ3) is 1.40. The number of rotatable bonds is 1. The maximum atomic E-state index is 11.7. The molecule has 0 bridgehead atoms. The number of benzene rings is 1. The highest BCUT2D eigenvalue weighted by molar-refractivity contribution is 6.15. The number of allylic oxidation sites excluding steroid dienone is 1. The molecule has 1 aromatic heterocycles. The maximum Gasteiger partial charge on any atom is 0.258 e. The van der Waals surface area contributed by atoms with E-state index in [0.29, 0.717) is 16.5 Å². The van der Waals surface area contributed by atoms with E-state index in [4.69, 9.17) is 5.11 Å². The first kappa shape index (κ1) is 9.92. The van der Waals surface area contributed by atoms with Gasteiger partial charge in [-0.3, -0.25) is 9.59 Å². The molecule has 2 aromatic rings. The van der Waals surface area contributed by atoms with Gasteiger partial charge < -0.3 is 10.1 Å². The largest absolute Gasteiger partial charge is 0.388 e. The van der Waals surface area contributed by atoms with Gasteiger partial charge in [0.1, 0.15) is 12.4 Å². The van der Waals surface area contributed by atoms with Crippen LogP contribution in [-0.2, 0) is 6.61 Å². The van der Waals surface area contributed by atoms with Crippen LogP contribution in [0.2, 0.25) is 0 Å². The molecule has 2 N–H and O–H groups in total. The van der Waals surface area contributed by atoms with Crippen molar-refractivity contribution in [3.63, 3.8) is 0 Å². The Balaban J connectivity index is 2.40. The number of nitrogens with zero attached hydrogens (tertiary/aromatic N) is 1. The number of H-pyrrole nitrogens is 1. The van der Waals surface area contributed by atoms with Gasteiger partial charge in [-0.2, -0.15) is 0 Å². The number of aliphatic hydroxyl groups excluding tert-OH is 1. The Morgan fingerprint density at radius 1 is 1.24 bits per heavy atom. The Labute approximate surface area is 95.4 Å². The van der Waals surface area contributed by atoms with Crippen molar-refractivity contribution in [2.24, 2.45) is 0 Å². The van der Waals surface area contributed by atoms with E-state index in [1.807, 2.05) is 0 Å². The third-order valence-electron chi connectivity index (χ3n) is 2.76. The molecule has 84 valence electrons. The second-order valence-electron chi connectivity index (χ2n) is 3.82. The van der Waals surface area contributed by atoms with Gasteiger partial charge in [0, 0.05) is 5.56 Å². The SMILES string of the molecule is O=C1C=Cc2cc3nc(CO)[nH]c(=O)c3cc21. The Bertz CT molecular complexity index is 728. The molecule has 0 aliphatic heterocycles. The zero-order valence-corrected chi connectivity index (χ0v) is 8.73.